The third kappa shape index (κ3) is 3.36. The molecule has 1 aliphatic heterocycles. The largest absolute Gasteiger partial charge is 0.508 e. The summed E-state index contributed by atoms with van der Waals surface area (Å²) in [6.45, 7) is 2.22. The van der Waals surface area contributed by atoms with Crippen molar-refractivity contribution in [2.45, 2.75) is 37.1 Å². The van der Waals surface area contributed by atoms with Gasteiger partial charge in [-0.15, -0.1) is 0 Å². The Bertz CT molecular complexity index is 596. The normalized spacial score (nSPS) is 20.1. The number of sulfonamides is 1. The number of aromatic hydroxyl groups is 1. The first-order valence-corrected chi connectivity index (χ1v) is 8.38. The molecule has 1 N–H and O–H groups in total. The molecule has 0 amide bonds. The van der Waals surface area contributed by atoms with Crippen molar-refractivity contribution in [1.82, 2.24) is 4.31 Å². The molecule has 1 saturated heterocycles. The van der Waals surface area contributed by atoms with Crippen molar-refractivity contribution in [3.05, 3.63) is 24.3 Å². The van der Waals surface area contributed by atoms with Crippen LogP contribution in [0, 0.1) is 0 Å². The molecule has 2 rings (SSSR count). The second kappa shape index (κ2) is 6.44. The number of rotatable bonds is 4. The fourth-order valence-corrected chi connectivity index (χ4v) is 4.07. The van der Waals surface area contributed by atoms with E-state index in [0.717, 1.165) is 6.42 Å². The van der Waals surface area contributed by atoms with Gasteiger partial charge in [0.05, 0.1) is 11.5 Å². The Balaban J connectivity index is 2.31. The number of carbonyl (C=O) groups is 1. The van der Waals surface area contributed by atoms with Crippen LogP contribution in [0.2, 0.25) is 0 Å². The Morgan fingerprint density at radius 1 is 1.33 bits per heavy atom. The van der Waals surface area contributed by atoms with Gasteiger partial charge in [-0.1, -0.05) is 0 Å². The van der Waals surface area contributed by atoms with Crippen LogP contribution in [0.3, 0.4) is 0 Å². The fourth-order valence-electron chi connectivity index (χ4n) is 2.42. The van der Waals surface area contributed by atoms with Crippen molar-refractivity contribution in [2.75, 3.05) is 13.2 Å². The molecule has 21 heavy (non-hydrogen) atoms. The van der Waals surface area contributed by atoms with E-state index in [4.69, 9.17) is 4.74 Å². The standard InChI is InChI=1S/C14H19NO5S/c1-2-20-14(17)13-5-3-4-10-15(13)21(18,19)12-8-6-11(16)7-9-12/h6-9,13,16H,2-5,10H2,1H3. The Labute approximate surface area is 124 Å². The number of phenolic OH excluding ortho intramolecular Hbond substituents is 1. The number of hydrogen-bond acceptors (Lipinski definition) is 5. The number of phenols is 1. The lowest BCUT2D eigenvalue weighted by Crippen LogP contribution is -2.48. The van der Waals surface area contributed by atoms with Crippen molar-refractivity contribution in [2.24, 2.45) is 0 Å². The molecule has 116 valence electrons. The van der Waals surface area contributed by atoms with E-state index in [2.05, 4.69) is 0 Å². The van der Waals surface area contributed by atoms with E-state index in [0.29, 0.717) is 19.4 Å². The lowest BCUT2D eigenvalue weighted by molar-refractivity contribution is -0.148. The minimum atomic E-state index is -3.77. The van der Waals surface area contributed by atoms with Crippen molar-refractivity contribution < 1.29 is 23.1 Å². The summed E-state index contributed by atoms with van der Waals surface area (Å²) in [6.07, 6.45) is 1.98. The average Bonchev–Trinajstić information content (AvgIpc) is 2.48. The van der Waals surface area contributed by atoms with E-state index < -0.39 is 22.0 Å². The minimum absolute atomic E-state index is 0.00506. The molecule has 0 bridgehead atoms. The summed E-state index contributed by atoms with van der Waals surface area (Å²) in [5, 5.41) is 9.26. The predicted molar refractivity (Wildman–Crippen MR) is 76.3 cm³/mol. The number of ether oxygens (including phenoxy) is 1. The highest BCUT2D eigenvalue weighted by atomic mass is 32.2. The van der Waals surface area contributed by atoms with Crippen molar-refractivity contribution in [1.29, 1.82) is 0 Å². The molecule has 1 heterocycles. The molecular weight excluding hydrogens is 294 g/mol. The molecule has 0 saturated carbocycles. The summed E-state index contributed by atoms with van der Waals surface area (Å²) < 4.78 is 31.5. The first-order chi connectivity index (χ1) is 9.96. The van der Waals surface area contributed by atoms with Gasteiger partial charge >= 0.3 is 5.97 Å². The van der Waals surface area contributed by atoms with Crippen molar-refractivity contribution in [3.8, 4) is 5.75 Å². The molecule has 6 nitrogen and oxygen atoms in total. The molecule has 1 aliphatic rings. The summed E-state index contributed by atoms with van der Waals surface area (Å²) in [7, 11) is -3.77. The van der Waals surface area contributed by atoms with Gasteiger partial charge < -0.3 is 9.84 Å². The number of carbonyl (C=O) groups excluding carboxylic acids is 1. The number of nitrogens with zero attached hydrogens (tertiary/aromatic N) is 1. The highest BCUT2D eigenvalue weighted by Crippen LogP contribution is 2.27. The third-order valence-electron chi connectivity index (χ3n) is 3.46. The molecule has 1 aromatic carbocycles. The van der Waals surface area contributed by atoms with Crippen molar-refractivity contribution >= 4 is 16.0 Å². The molecule has 0 radical (unpaired) electrons. The first-order valence-electron chi connectivity index (χ1n) is 6.94. The van der Waals surface area contributed by atoms with Gasteiger partial charge in [-0.2, -0.15) is 4.31 Å². The second-order valence-electron chi connectivity index (χ2n) is 4.87. The Morgan fingerprint density at radius 3 is 2.62 bits per heavy atom. The smallest absolute Gasteiger partial charge is 0.324 e. The van der Waals surface area contributed by atoms with Gasteiger partial charge in [0.2, 0.25) is 10.0 Å². The predicted octanol–water partition coefficient (Wildman–Crippen LogP) is 1.50. The average molecular weight is 313 g/mol. The molecule has 1 atom stereocenters. The number of piperidine rings is 1. The highest BCUT2D eigenvalue weighted by molar-refractivity contribution is 7.89. The molecule has 1 unspecified atom stereocenters. The maximum atomic E-state index is 12.7. The lowest BCUT2D eigenvalue weighted by atomic mass is 10.1. The first kappa shape index (κ1) is 15.8. The van der Waals surface area contributed by atoms with Crippen LogP contribution in [0.25, 0.3) is 0 Å². The maximum Gasteiger partial charge on any atom is 0.324 e. The highest BCUT2D eigenvalue weighted by Gasteiger charge is 2.38. The molecule has 7 heteroatoms. The fraction of sp³-hybridized carbons (Fsp3) is 0.500. The van der Waals surface area contributed by atoms with E-state index in [1.807, 2.05) is 0 Å². The molecule has 0 aliphatic carbocycles. The van der Waals surface area contributed by atoms with Gasteiger partial charge in [0.25, 0.3) is 0 Å². The molecule has 0 spiro atoms. The Morgan fingerprint density at radius 2 is 2.00 bits per heavy atom. The topological polar surface area (TPSA) is 83.9 Å². The summed E-state index contributed by atoms with van der Waals surface area (Å²) in [5.41, 5.74) is 0. The summed E-state index contributed by atoms with van der Waals surface area (Å²) in [5.74, 6) is -0.505. The van der Waals surface area contributed by atoms with E-state index in [1.165, 1.54) is 28.6 Å². The summed E-state index contributed by atoms with van der Waals surface area (Å²) >= 11 is 0. The van der Waals surface area contributed by atoms with Crippen LogP contribution in [0.4, 0.5) is 0 Å². The summed E-state index contributed by atoms with van der Waals surface area (Å²) in [6, 6.07) is 4.53. The van der Waals surface area contributed by atoms with Crippen LogP contribution in [-0.2, 0) is 19.6 Å². The van der Waals surface area contributed by atoms with Crippen LogP contribution >= 0.6 is 0 Å². The lowest BCUT2D eigenvalue weighted by Gasteiger charge is -2.32. The summed E-state index contributed by atoms with van der Waals surface area (Å²) in [4.78, 5) is 12.0. The third-order valence-corrected chi connectivity index (χ3v) is 5.38. The zero-order valence-corrected chi connectivity index (χ0v) is 12.7. The Hall–Kier alpha value is -1.60. The van der Waals surface area contributed by atoms with Gasteiger partial charge in [0.15, 0.2) is 0 Å². The quantitative estimate of drug-likeness (QED) is 0.852. The second-order valence-corrected chi connectivity index (χ2v) is 6.76. The van der Waals surface area contributed by atoms with Crippen LogP contribution in [0.5, 0.6) is 5.75 Å². The van der Waals surface area contributed by atoms with Gasteiger partial charge in [0.1, 0.15) is 11.8 Å². The van der Waals surface area contributed by atoms with Gasteiger partial charge in [0, 0.05) is 6.54 Å². The van der Waals surface area contributed by atoms with Crippen LogP contribution in [-0.4, -0.2) is 43.0 Å². The zero-order valence-electron chi connectivity index (χ0n) is 11.9. The van der Waals surface area contributed by atoms with Gasteiger partial charge in [-0.25, -0.2) is 8.42 Å². The maximum absolute atomic E-state index is 12.7. The van der Waals surface area contributed by atoms with E-state index in [1.54, 1.807) is 6.92 Å². The molecule has 1 aromatic rings. The zero-order chi connectivity index (χ0) is 15.5. The minimum Gasteiger partial charge on any atom is -0.508 e. The van der Waals surface area contributed by atoms with Crippen LogP contribution < -0.4 is 0 Å². The number of benzene rings is 1. The molecule has 1 fully saturated rings. The van der Waals surface area contributed by atoms with Gasteiger partial charge in [-0.05, 0) is 50.5 Å². The van der Waals surface area contributed by atoms with E-state index in [9.17, 15) is 18.3 Å². The van der Waals surface area contributed by atoms with Crippen LogP contribution in [0.15, 0.2) is 29.2 Å². The van der Waals surface area contributed by atoms with Crippen molar-refractivity contribution in [3.63, 3.8) is 0 Å². The Kier molecular flexibility index (Phi) is 4.84. The number of esters is 1. The van der Waals surface area contributed by atoms with Crippen LogP contribution in [0.1, 0.15) is 26.2 Å². The SMILES string of the molecule is CCOC(=O)C1CCCCN1S(=O)(=O)c1ccc(O)cc1. The van der Waals surface area contributed by atoms with E-state index >= 15 is 0 Å². The molecular formula is C14H19NO5S. The monoisotopic (exact) mass is 313 g/mol. The van der Waals surface area contributed by atoms with E-state index in [-0.39, 0.29) is 17.3 Å². The number of hydrogen-bond donors (Lipinski definition) is 1. The molecule has 0 aromatic heterocycles. The van der Waals surface area contributed by atoms with Gasteiger partial charge in [-0.3, -0.25) is 4.79 Å².